The summed E-state index contributed by atoms with van der Waals surface area (Å²) in [4.78, 5) is 0. The largest absolute Gasteiger partial charge is 0.493 e. The monoisotopic (exact) mass is 211 g/mol. The van der Waals surface area contributed by atoms with Crippen LogP contribution in [0.3, 0.4) is 0 Å². The Morgan fingerprint density at radius 3 is 2.67 bits per heavy atom. The van der Waals surface area contributed by atoms with Gasteiger partial charge in [-0.25, -0.2) is 4.39 Å². The van der Waals surface area contributed by atoms with Crippen molar-refractivity contribution in [1.82, 2.24) is 0 Å². The molecular weight excluding hydrogens is 193 g/mol. The van der Waals surface area contributed by atoms with Crippen molar-refractivity contribution in [2.24, 2.45) is 0 Å². The van der Waals surface area contributed by atoms with E-state index in [4.69, 9.17) is 10.5 Å². The van der Waals surface area contributed by atoms with E-state index >= 15 is 0 Å². The Balaban J connectivity index is 2.31. The number of nitrogen functional groups attached to an aromatic ring is 1. The van der Waals surface area contributed by atoms with Gasteiger partial charge >= 0.3 is 0 Å². The second kappa shape index (κ2) is 6.27. The average Bonchev–Trinajstić information content (AvgIpc) is 2.16. The highest BCUT2D eigenvalue weighted by Gasteiger charge is 1.99. The van der Waals surface area contributed by atoms with Crippen molar-refractivity contribution in [3.8, 4) is 5.75 Å². The van der Waals surface area contributed by atoms with E-state index in [1.165, 1.54) is 25.0 Å². The number of nitrogens with two attached hydrogens (primary N) is 1. The fourth-order valence-electron chi connectivity index (χ4n) is 1.39. The Bertz CT molecular complexity index is 281. The van der Waals surface area contributed by atoms with E-state index in [1.54, 1.807) is 6.07 Å². The van der Waals surface area contributed by atoms with Crippen LogP contribution in [0.4, 0.5) is 10.1 Å². The van der Waals surface area contributed by atoms with Gasteiger partial charge in [0.25, 0.3) is 0 Å². The van der Waals surface area contributed by atoms with Crippen molar-refractivity contribution >= 4 is 5.69 Å². The minimum Gasteiger partial charge on any atom is -0.493 e. The highest BCUT2D eigenvalue weighted by atomic mass is 19.1. The van der Waals surface area contributed by atoms with E-state index in [0.717, 1.165) is 12.8 Å². The molecule has 1 rings (SSSR count). The van der Waals surface area contributed by atoms with Crippen LogP contribution in [0.2, 0.25) is 0 Å². The number of unbranched alkanes of at least 4 members (excludes halogenated alkanes) is 3. The van der Waals surface area contributed by atoms with E-state index in [2.05, 4.69) is 6.92 Å². The van der Waals surface area contributed by atoms with Crippen molar-refractivity contribution in [3.63, 3.8) is 0 Å². The third-order valence-electron chi connectivity index (χ3n) is 2.16. The van der Waals surface area contributed by atoms with E-state index in [-0.39, 0.29) is 5.82 Å². The number of ether oxygens (including phenoxy) is 1. The molecule has 15 heavy (non-hydrogen) atoms. The standard InChI is InChI=1S/C12H18FNO/c1-2-3-4-5-6-15-12-8-10(13)7-11(14)9-12/h7-9H,2-6,14H2,1H3. The molecule has 0 saturated carbocycles. The summed E-state index contributed by atoms with van der Waals surface area (Å²) in [6.45, 7) is 2.79. The number of anilines is 1. The maximum absolute atomic E-state index is 12.9. The van der Waals surface area contributed by atoms with Crippen molar-refractivity contribution < 1.29 is 9.13 Å². The van der Waals surface area contributed by atoms with Gasteiger partial charge in [-0.15, -0.1) is 0 Å². The van der Waals surface area contributed by atoms with E-state index in [1.807, 2.05) is 0 Å². The van der Waals surface area contributed by atoms with Crippen LogP contribution >= 0.6 is 0 Å². The molecule has 0 atom stereocenters. The molecule has 84 valence electrons. The normalized spacial score (nSPS) is 10.3. The SMILES string of the molecule is CCCCCCOc1cc(N)cc(F)c1. The molecule has 0 aliphatic heterocycles. The van der Waals surface area contributed by atoms with Crippen LogP contribution in [0.1, 0.15) is 32.6 Å². The van der Waals surface area contributed by atoms with Gasteiger partial charge in [0.2, 0.25) is 0 Å². The second-order valence-electron chi connectivity index (χ2n) is 3.63. The number of hydrogen-bond donors (Lipinski definition) is 1. The molecule has 0 amide bonds. The minimum absolute atomic E-state index is 0.349. The topological polar surface area (TPSA) is 35.2 Å². The third kappa shape index (κ3) is 4.68. The molecule has 0 spiro atoms. The predicted octanol–water partition coefficient (Wildman–Crippen LogP) is 3.37. The summed E-state index contributed by atoms with van der Waals surface area (Å²) < 4.78 is 18.3. The molecule has 0 bridgehead atoms. The molecule has 0 fully saturated rings. The minimum atomic E-state index is -0.349. The Kier molecular flexibility index (Phi) is 4.95. The van der Waals surface area contributed by atoms with Gasteiger partial charge in [-0.2, -0.15) is 0 Å². The van der Waals surface area contributed by atoms with Crippen LogP contribution in [0.15, 0.2) is 18.2 Å². The summed E-state index contributed by atoms with van der Waals surface area (Å²) in [5.74, 6) is 0.169. The van der Waals surface area contributed by atoms with E-state index in [0.29, 0.717) is 18.0 Å². The van der Waals surface area contributed by atoms with Gasteiger partial charge in [-0.3, -0.25) is 0 Å². The molecule has 0 aromatic heterocycles. The summed E-state index contributed by atoms with van der Waals surface area (Å²) in [6.07, 6.45) is 4.58. The number of hydrogen-bond acceptors (Lipinski definition) is 2. The molecule has 2 nitrogen and oxygen atoms in total. The van der Waals surface area contributed by atoms with Gasteiger partial charge in [0.15, 0.2) is 0 Å². The van der Waals surface area contributed by atoms with Crippen LogP contribution < -0.4 is 10.5 Å². The van der Waals surface area contributed by atoms with E-state index < -0.39 is 0 Å². The molecule has 0 aliphatic rings. The summed E-state index contributed by atoms with van der Waals surface area (Å²) in [5.41, 5.74) is 5.89. The Hall–Kier alpha value is -1.25. The van der Waals surface area contributed by atoms with Gasteiger partial charge in [0.05, 0.1) is 6.61 Å². The molecule has 0 unspecified atom stereocenters. The molecule has 2 N–H and O–H groups in total. The Morgan fingerprint density at radius 2 is 2.00 bits per heavy atom. The molecule has 1 aromatic carbocycles. The van der Waals surface area contributed by atoms with Crippen molar-refractivity contribution in [2.75, 3.05) is 12.3 Å². The average molecular weight is 211 g/mol. The first-order chi connectivity index (χ1) is 7.22. The number of halogens is 1. The fourth-order valence-corrected chi connectivity index (χ4v) is 1.39. The predicted molar refractivity (Wildman–Crippen MR) is 60.4 cm³/mol. The summed E-state index contributed by atoms with van der Waals surface area (Å²) in [7, 11) is 0. The van der Waals surface area contributed by atoms with Crippen LogP contribution in [-0.2, 0) is 0 Å². The fraction of sp³-hybridized carbons (Fsp3) is 0.500. The zero-order chi connectivity index (χ0) is 11.1. The maximum atomic E-state index is 12.9. The maximum Gasteiger partial charge on any atom is 0.128 e. The van der Waals surface area contributed by atoms with Crippen molar-refractivity contribution in [3.05, 3.63) is 24.0 Å². The smallest absolute Gasteiger partial charge is 0.128 e. The lowest BCUT2D eigenvalue weighted by Gasteiger charge is -2.06. The highest BCUT2D eigenvalue weighted by molar-refractivity contribution is 5.44. The highest BCUT2D eigenvalue weighted by Crippen LogP contribution is 2.18. The summed E-state index contributed by atoms with van der Waals surface area (Å²) in [6, 6.07) is 4.28. The lowest BCUT2D eigenvalue weighted by molar-refractivity contribution is 0.304. The zero-order valence-electron chi connectivity index (χ0n) is 9.13. The zero-order valence-corrected chi connectivity index (χ0v) is 9.13. The molecule has 0 saturated heterocycles. The number of rotatable bonds is 6. The van der Waals surface area contributed by atoms with Crippen molar-refractivity contribution in [1.29, 1.82) is 0 Å². The lowest BCUT2D eigenvalue weighted by Crippen LogP contribution is -1.98. The van der Waals surface area contributed by atoms with E-state index in [9.17, 15) is 4.39 Å². The molecular formula is C12H18FNO. The summed E-state index contributed by atoms with van der Waals surface area (Å²) in [5, 5.41) is 0. The number of benzene rings is 1. The van der Waals surface area contributed by atoms with Crippen molar-refractivity contribution in [2.45, 2.75) is 32.6 Å². The van der Waals surface area contributed by atoms with Crippen LogP contribution in [0.25, 0.3) is 0 Å². The third-order valence-corrected chi connectivity index (χ3v) is 2.16. The van der Waals surface area contributed by atoms with Gasteiger partial charge < -0.3 is 10.5 Å². The quantitative estimate of drug-likeness (QED) is 0.578. The molecule has 0 radical (unpaired) electrons. The first kappa shape index (κ1) is 11.8. The second-order valence-corrected chi connectivity index (χ2v) is 3.63. The van der Waals surface area contributed by atoms with Crippen LogP contribution in [0.5, 0.6) is 5.75 Å². The van der Waals surface area contributed by atoms with Gasteiger partial charge in [0.1, 0.15) is 11.6 Å². The molecule has 0 aliphatic carbocycles. The first-order valence-electron chi connectivity index (χ1n) is 5.41. The van der Waals surface area contributed by atoms with Gasteiger partial charge in [-0.05, 0) is 12.5 Å². The molecule has 0 heterocycles. The van der Waals surface area contributed by atoms with Crippen LogP contribution in [0, 0.1) is 5.82 Å². The molecule has 3 heteroatoms. The first-order valence-corrected chi connectivity index (χ1v) is 5.41. The Labute approximate surface area is 90.2 Å². The summed E-state index contributed by atoms with van der Waals surface area (Å²) >= 11 is 0. The van der Waals surface area contributed by atoms with Gasteiger partial charge in [0, 0.05) is 17.8 Å². The van der Waals surface area contributed by atoms with Gasteiger partial charge in [-0.1, -0.05) is 26.2 Å². The Morgan fingerprint density at radius 1 is 1.20 bits per heavy atom. The van der Waals surface area contributed by atoms with Crippen LogP contribution in [-0.4, -0.2) is 6.61 Å². The lowest BCUT2D eigenvalue weighted by atomic mass is 10.2. The molecule has 1 aromatic rings.